The van der Waals surface area contributed by atoms with Crippen molar-refractivity contribution in [1.29, 1.82) is 0 Å². The molecule has 2 heterocycles. The third-order valence-electron chi connectivity index (χ3n) is 4.60. The number of fused-ring (bicyclic) bond motifs is 1. The Hall–Kier alpha value is -1.28. The summed E-state index contributed by atoms with van der Waals surface area (Å²) in [6.45, 7) is 8.28. The molecular weight excluding hydrogens is 244 g/mol. The minimum atomic E-state index is 0.587. The Bertz CT molecular complexity index is 582. The number of hydrogen-bond donors (Lipinski definition) is 0. The zero-order valence-electron chi connectivity index (χ0n) is 13.0. The lowest BCUT2D eigenvalue weighted by Gasteiger charge is -2.31. The molecule has 0 bridgehead atoms. The molecule has 108 valence electrons. The molecule has 2 aromatic rings. The van der Waals surface area contributed by atoms with Crippen LogP contribution in [0.25, 0.3) is 10.9 Å². The number of nitrogens with zero attached hydrogens (tertiary/aromatic N) is 2. The summed E-state index contributed by atoms with van der Waals surface area (Å²) in [6, 6.07) is 11.2. The summed E-state index contributed by atoms with van der Waals surface area (Å²) in [4.78, 5) is 2.48. The largest absolute Gasteiger partial charge is 0.344 e. The van der Waals surface area contributed by atoms with Crippen molar-refractivity contribution in [2.75, 3.05) is 20.1 Å². The van der Waals surface area contributed by atoms with Gasteiger partial charge in [-0.05, 0) is 55.8 Å². The van der Waals surface area contributed by atoms with Crippen LogP contribution in [0.15, 0.2) is 30.3 Å². The van der Waals surface area contributed by atoms with Crippen LogP contribution < -0.4 is 0 Å². The Morgan fingerprint density at radius 3 is 2.80 bits per heavy atom. The molecule has 1 aliphatic heterocycles. The highest BCUT2D eigenvalue weighted by molar-refractivity contribution is 5.81. The first-order chi connectivity index (χ1) is 9.65. The monoisotopic (exact) mass is 270 g/mol. The number of hydrogen-bond acceptors (Lipinski definition) is 1. The van der Waals surface area contributed by atoms with Crippen LogP contribution in [0.1, 0.15) is 38.3 Å². The molecule has 1 aliphatic rings. The fraction of sp³-hybridized carbons (Fsp3) is 0.556. The predicted molar refractivity (Wildman–Crippen MR) is 86.2 cm³/mol. The number of likely N-dealkylation sites (tertiary alicyclic amines) is 1. The van der Waals surface area contributed by atoms with Crippen molar-refractivity contribution in [2.24, 2.45) is 5.92 Å². The second kappa shape index (κ2) is 5.61. The molecule has 1 aromatic heterocycles. The number of aromatic nitrogens is 1. The summed E-state index contributed by atoms with van der Waals surface area (Å²) in [5.74, 6) is 1.38. The van der Waals surface area contributed by atoms with Crippen LogP contribution in [0.2, 0.25) is 0 Å². The van der Waals surface area contributed by atoms with Crippen molar-refractivity contribution in [3.63, 3.8) is 0 Å². The summed E-state index contributed by atoms with van der Waals surface area (Å²) >= 11 is 0. The third-order valence-corrected chi connectivity index (χ3v) is 4.60. The Morgan fingerprint density at radius 1 is 1.25 bits per heavy atom. The van der Waals surface area contributed by atoms with Crippen LogP contribution >= 0.6 is 0 Å². The van der Waals surface area contributed by atoms with Gasteiger partial charge in [0.05, 0.1) is 0 Å². The molecular formula is C18H26N2. The van der Waals surface area contributed by atoms with E-state index in [1.807, 2.05) is 0 Å². The quantitative estimate of drug-likeness (QED) is 0.815. The lowest BCUT2D eigenvalue weighted by atomic mass is 9.98. The van der Waals surface area contributed by atoms with Gasteiger partial charge in [0.15, 0.2) is 0 Å². The first-order valence-electron chi connectivity index (χ1n) is 7.92. The van der Waals surface area contributed by atoms with E-state index in [2.05, 4.69) is 60.7 Å². The van der Waals surface area contributed by atoms with Crippen molar-refractivity contribution in [3.8, 4) is 0 Å². The highest BCUT2D eigenvalue weighted by atomic mass is 15.1. The average Bonchev–Trinajstić information content (AvgIpc) is 2.78. The molecule has 0 aliphatic carbocycles. The fourth-order valence-corrected chi connectivity index (χ4v) is 3.59. The third kappa shape index (κ3) is 2.62. The van der Waals surface area contributed by atoms with Gasteiger partial charge in [0, 0.05) is 24.3 Å². The Kier molecular flexibility index (Phi) is 3.84. The van der Waals surface area contributed by atoms with Gasteiger partial charge < -0.3 is 9.47 Å². The molecule has 2 heteroatoms. The van der Waals surface area contributed by atoms with Crippen LogP contribution in [0.3, 0.4) is 0 Å². The van der Waals surface area contributed by atoms with Gasteiger partial charge in [-0.2, -0.15) is 0 Å². The van der Waals surface area contributed by atoms with Crippen LogP contribution in [-0.4, -0.2) is 29.6 Å². The summed E-state index contributed by atoms with van der Waals surface area (Å²) in [7, 11) is 2.25. The maximum Gasteiger partial charge on any atom is 0.0482 e. The first kappa shape index (κ1) is 13.7. The van der Waals surface area contributed by atoms with Crippen molar-refractivity contribution < 1.29 is 0 Å². The first-order valence-corrected chi connectivity index (χ1v) is 7.92. The highest BCUT2D eigenvalue weighted by Gasteiger charge is 2.20. The van der Waals surface area contributed by atoms with Gasteiger partial charge in [-0.25, -0.2) is 0 Å². The second-order valence-corrected chi connectivity index (χ2v) is 6.66. The Balaban J connectivity index is 1.94. The molecule has 1 aromatic carbocycles. The van der Waals surface area contributed by atoms with Crippen LogP contribution in [-0.2, 0) is 6.54 Å². The molecule has 2 nitrogen and oxygen atoms in total. The van der Waals surface area contributed by atoms with E-state index >= 15 is 0 Å². The molecule has 20 heavy (non-hydrogen) atoms. The Labute approximate surface area is 122 Å². The number of benzene rings is 1. The smallest absolute Gasteiger partial charge is 0.0482 e. The SMILES string of the molecule is CC(C)c1cc2ccccc2n1CC1CCCN(C)C1. The van der Waals surface area contributed by atoms with Crippen molar-refractivity contribution >= 4 is 10.9 Å². The van der Waals surface area contributed by atoms with Gasteiger partial charge in [-0.1, -0.05) is 32.0 Å². The number of piperidine rings is 1. The van der Waals surface area contributed by atoms with Gasteiger partial charge in [0.25, 0.3) is 0 Å². The number of rotatable bonds is 3. The minimum absolute atomic E-state index is 0.587. The molecule has 0 amide bonds. The number of para-hydroxylation sites is 1. The van der Waals surface area contributed by atoms with E-state index < -0.39 is 0 Å². The van der Waals surface area contributed by atoms with Crippen molar-refractivity contribution in [2.45, 2.75) is 39.2 Å². The summed E-state index contributed by atoms with van der Waals surface area (Å²) in [5.41, 5.74) is 2.89. The molecule has 1 saturated heterocycles. The van der Waals surface area contributed by atoms with Gasteiger partial charge >= 0.3 is 0 Å². The molecule has 3 rings (SSSR count). The van der Waals surface area contributed by atoms with E-state index in [1.165, 1.54) is 49.1 Å². The lowest BCUT2D eigenvalue weighted by molar-refractivity contribution is 0.194. The van der Waals surface area contributed by atoms with Gasteiger partial charge in [0.1, 0.15) is 0 Å². The van der Waals surface area contributed by atoms with E-state index in [-0.39, 0.29) is 0 Å². The van der Waals surface area contributed by atoms with Crippen molar-refractivity contribution in [1.82, 2.24) is 9.47 Å². The fourth-order valence-electron chi connectivity index (χ4n) is 3.59. The molecule has 1 fully saturated rings. The van der Waals surface area contributed by atoms with Gasteiger partial charge in [0.2, 0.25) is 0 Å². The second-order valence-electron chi connectivity index (χ2n) is 6.66. The average molecular weight is 270 g/mol. The maximum atomic E-state index is 2.57. The molecule has 1 atom stereocenters. The molecule has 0 saturated carbocycles. The molecule has 0 N–H and O–H groups in total. The molecule has 0 spiro atoms. The molecule has 0 radical (unpaired) electrons. The predicted octanol–water partition coefficient (Wildman–Crippen LogP) is 4.11. The van der Waals surface area contributed by atoms with Crippen LogP contribution in [0.5, 0.6) is 0 Å². The zero-order chi connectivity index (χ0) is 14.1. The minimum Gasteiger partial charge on any atom is -0.344 e. The normalized spacial score (nSPS) is 20.9. The summed E-state index contributed by atoms with van der Waals surface area (Å²) < 4.78 is 2.57. The van der Waals surface area contributed by atoms with E-state index in [1.54, 1.807) is 0 Å². The van der Waals surface area contributed by atoms with Gasteiger partial charge in [-0.3, -0.25) is 0 Å². The van der Waals surface area contributed by atoms with E-state index in [0.717, 1.165) is 5.92 Å². The highest BCUT2D eigenvalue weighted by Crippen LogP contribution is 2.28. The Morgan fingerprint density at radius 2 is 2.05 bits per heavy atom. The van der Waals surface area contributed by atoms with E-state index in [4.69, 9.17) is 0 Å². The van der Waals surface area contributed by atoms with Crippen molar-refractivity contribution in [3.05, 3.63) is 36.0 Å². The van der Waals surface area contributed by atoms with Crippen LogP contribution in [0.4, 0.5) is 0 Å². The zero-order valence-corrected chi connectivity index (χ0v) is 13.0. The molecule has 1 unspecified atom stereocenters. The van der Waals surface area contributed by atoms with Crippen LogP contribution in [0, 0.1) is 5.92 Å². The summed E-state index contributed by atoms with van der Waals surface area (Å²) in [5, 5.41) is 1.39. The standard InChI is InChI=1S/C18H26N2/c1-14(2)18-11-16-8-4-5-9-17(16)20(18)13-15-7-6-10-19(3)12-15/h4-5,8-9,11,14-15H,6-7,10,12-13H2,1-3H3. The van der Waals surface area contributed by atoms with E-state index in [0.29, 0.717) is 5.92 Å². The van der Waals surface area contributed by atoms with E-state index in [9.17, 15) is 0 Å². The maximum absolute atomic E-state index is 2.57. The topological polar surface area (TPSA) is 8.17 Å². The summed E-state index contributed by atoms with van der Waals surface area (Å²) in [6.07, 6.45) is 2.71. The lowest BCUT2D eigenvalue weighted by Crippen LogP contribution is -2.34. The van der Waals surface area contributed by atoms with Gasteiger partial charge in [-0.15, -0.1) is 0 Å².